The quantitative estimate of drug-likeness (QED) is 0.475. The summed E-state index contributed by atoms with van der Waals surface area (Å²) < 4.78 is 11.2. The molecule has 0 unspecified atom stereocenters. The van der Waals surface area contributed by atoms with Crippen molar-refractivity contribution < 1.29 is 19.1 Å². The third-order valence-electron chi connectivity index (χ3n) is 5.68. The number of hydrogen-bond donors (Lipinski definition) is 1. The van der Waals surface area contributed by atoms with Crippen LogP contribution in [0.4, 0.5) is 5.69 Å². The second-order valence-corrected chi connectivity index (χ2v) is 9.41. The molecule has 1 fully saturated rings. The van der Waals surface area contributed by atoms with Gasteiger partial charge < -0.3 is 19.7 Å². The van der Waals surface area contributed by atoms with E-state index in [1.54, 1.807) is 25.2 Å². The first-order valence-electron chi connectivity index (χ1n) is 11.5. The molecule has 9 heteroatoms. The highest BCUT2D eigenvalue weighted by atomic mass is 32.1. The lowest BCUT2D eigenvalue weighted by Crippen LogP contribution is -2.34. The number of aryl methyl sites for hydroxylation is 2. The maximum atomic E-state index is 13.2. The molecule has 2 heterocycles. The zero-order chi connectivity index (χ0) is 24.4. The Bertz CT molecular complexity index is 1240. The van der Waals surface area contributed by atoms with Gasteiger partial charge in [0.1, 0.15) is 10.7 Å². The standard InChI is InChI=1S/C25H30N4O4S/c1-6-32-18-11-10-17(12-19(18)33-7-2)27-20(30)13-29(5)25(31)22-14(3)21-15(4)26-23(16-8-9-16)28-24(21)34-22/h10-12,16H,6-9,13H2,1-5H3,(H,27,30). The van der Waals surface area contributed by atoms with Crippen LogP contribution in [0, 0.1) is 13.8 Å². The van der Waals surface area contributed by atoms with Crippen molar-refractivity contribution in [2.24, 2.45) is 0 Å². The Labute approximate surface area is 203 Å². The number of aromatic nitrogens is 2. The number of likely N-dealkylation sites (N-methyl/N-ethyl adjacent to an activating group) is 1. The van der Waals surface area contributed by atoms with Crippen molar-refractivity contribution in [3.63, 3.8) is 0 Å². The van der Waals surface area contributed by atoms with E-state index in [0.717, 1.165) is 40.1 Å². The van der Waals surface area contributed by atoms with Gasteiger partial charge in [-0.25, -0.2) is 9.97 Å². The van der Waals surface area contributed by atoms with E-state index in [1.807, 2.05) is 27.7 Å². The Morgan fingerprint density at radius 2 is 1.82 bits per heavy atom. The van der Waals surface area contributed by atoms with Crippen LogP contribution in [-0.4, -0.2) is 53.5 Å². The molecule has 180 valence electrons. The normalized spacial score (nSPS) is 13.1. The summed E-state index contributed by atoms with van der Waals surface area (Å²) >= 11 is 1.37. The fourth-order valence-corrected chi connectivity index (χ4v) is 5.11. The number of carbonyl (C=O) groups excluding carboxylic acids is 2. The highest BCUT2D eigenvalue weighted by Crippen LogP contribution is 2.40. The van der Waals surface area contributed by atoms with E-state index in [1.165, 1.54) is 16.2 Å². The number of carbonyl (C=O) groups is 2. The number of ether oxygens (including phenoxy) is 2. The van der Waals surface area contributed by atoms with Gasteiger partial charge in [-0.1, -0.05) is 0 Å². The summed E-state index contributed by atoms with van der Waals surface area (Å²) in [6, 6.07) is 5.24. The highest BCUT2D eigenvalue weighted by molar-refractivity contribution is 7.20. The van der Waals surface area contributed by atoms with Gasteiger partial charge in [-0.15, -0.1) is 11.3 Å². The van der Waals surface area contributed by atoms with Gasteiger partial charge in [0.2, 0.25) is 5.91 Å². The molecule has 1 aliphatic carbocycles. The Hall–Kier alpha value is -3.20. The van der Waals surface area contributed by atoms with Crippen molar-refractivity contribution in [2.75, 3.05) is 32.1 Å². The molecule has 0 aliphatic heterocycles. The minimum atomic E-state index is -0.298. The fourth-order valence-electron chi connectivity index (χ4n) is 3.88. The summed E-state index contributed by atoms with van der Waals surface area (Å²) in [6.45, 7) is 8.59. The zero-order valence-electron chi connectivity index (χ0n) is 20.2. The molecular formula is C25H30N4O4S. The number of rotatable bonds is 9. The Kier molecular flexibility index (Phi) is 7.02. The largest absolute Gasteiger partial charge is 0.490 e. The first-order chi connectivity index (χ1) is 16.3. The molecule has 3 aromatic rings. The van der Waals surface area contributed by atoms with Gasteiger partial charge >= 0.3 is 0 Å². The monoisotopic (exact) mass is 482 g/mol. The number of thiophene rings is 1. The fraction of sp³-hybridized carbons (Fsp3) is 0.440. The molecule has 1 aromatic carbocycles. The molecule has 2 amide bonds. The van der Waals surface area contributed by atoms with Gasteiger partial charge in [-0.2, -0.15) is 0 Å². The summed E-state index contributed by atoms with van der Waals surface area (Å²) in [5, 5.41) is 3.78. The van der Waals surface area contributed by atoms with E-state index in [4.69, 9.17) is 14.5 Å². The molecule has 34 heavy (non-hydrogen) atoms. The lowest BCUT2D eigenvalue weighted by atomic mass is 10.1. The molecule has 8 nitrogen and oxygen atoms in total. The predicted octanol–water partition coefficient (Wildman–Crippen LogP) is 4.69. The number of hydrogen-bond acceptors (Lipinski definition) is 7. The summed E-state index contributed by atoms with van der Waals surface area (Å²) in [4.78, 5) is 38.1. The maximum Gasteiger partial charge on any atom is 0.264 e. The molecule has 4 rings (SSSR count). The van der Waals surface area contributed by atoms with E-state index < -0.39 is 0 Å². The van der Waals surface area contributed by atoms with Crippen LogP contribution in [0.25, 0.3) is 10.2 Å². The van der Waals surface area contributed by atoms with Crippen molar-refractivity contribution in [1.29, 1.82) is 0 Å². The average molecular weight is 483 g/mol. The van der Waals surface area contributed by atoms with Crippen LogP contribution in [0.1, 0.15) is 59.4 Å². The highest BCUT2D eigenvalue weighted by Gasteiger charge is 2.29. The molecule has 0 atom stereocenters. The molecular weight excluding hydrogens is 452 g/mol. The van der Waals surface area contributed by atoms with Crippen molar-refractivity contribution >= 4 is 39.1 Å². The number of benzene rings is 1. The molecule has 2 aromatic heterocycles. The van der Waals surface area contributed by atoms with Gasteiger partial charge in [0, 0.05) is 30.1 Å². The van der Waals surface area contributed by atoms with E-state index in [9.17, 15) is 9.59 Å². The Balaban J connectivity index is 1.47. The van der Waals surface area contributed by atoms with Crippen molar-refractivity contribution in [1.82, 2.24) is 14.9 Å². The first-order valence-corrected chi connectivity index (χ1v) is 12.4. The van der Waals surface area contributed by atoms with Crippen molar-refractivity contribution in [2.45, 2.75) is 46.5 Å². The smallest absolute Gasteiger partial charge is 0.264 e. The molecule has 0 saturated heterocycles. The Morgan fingerprint density at radius 1 is 1.12 bits per heavy atom. The van der Waals surface area contributed by atoms with E-state index in [0.29, 0.717) is 41.2 Å². The molecule has 1 saturated carbocycles. The number of nitrogens with one attached hydrogen (secondary N) is 1. The third kappa shape index (κ3) is 4.99. The second kappa shape index (κ2) is 9.97. The van der Waals surface area contributed by atoms with Gasteiger partial charge in [0.05, 0.1) is 30.3 Å². The lowest BCUT2D eigenvalue weighted by molar-refractivity contribution is -0.116. The maximum absolute atomic E-state index is 13.2. The summed E-state index contributed by atoms with van der Waals surface area (Å²) in [5.41, 5.74) is 2.35. The van der Waals surface area contributed by atoms with Gasteiger partial charge in [0.25, 0.3) is 5.91 Å². The van der Waals surface area contributed by atoms with Crippen LogP contribution in [0.15, 0.2) is 18.2 Å². The molecule has 1 aliphatic rings. The second-order valence-electron chi connectivity index (χ2n) is 8.41. The predicted molar refractivity (Wildman–Crippen MR) is 133 cm³/mol. The molecule has 0 bridgehead atoms. The minimum absolute atomic E-state index is 0.0817. The topological polar surface area (TPSA) is 93.7 Å². The molecule has 0 spiro atoms. The number of fused-ring (bicyclic) bond motifs is 1. The first kappa shape index (κ1) is 23.9. The molecule has 1 N–H and O–H groups in total. The Morgan fingerprint density at radius 3 is 2.50 bits per heavy atom. The van der Waals surface area contributed by atoms with Gasteiger partial charge in [-0.05, 0) is 58.2 Å². The van der Waals surface area contributed by atoms with Crippen molar-refractivity contribution in [3.8, 4) is 11.5 Å². The minimum Gasteiger partial charge on any atom is -0.490 e. The van der Waals surface area contributed by atoms with E-state index >= 15 is 0 Å². The van der Waals surface area contributed by atoms with Crippen LogP contribution < -0.4 is 14.8 Å². The summed E-state index contributed by atoms with van der Waals surface area (Å²) in [6.07, 6.45) is 2.25. The van der Waals surface area contributed by atoms with E-state index in [-0.39, 0.29) is 18.4 Å². The van der Waals surface area contributed by atoms with Crippen LogP contribution in [0.3, 0.4) is 0 Å². The lowest BCUT2D eigenvalue weighted by Gasteiger charge is -2.17. The molecule has 0 radical (unpaired) electrons. The van der Waals surface area contributed by atoms with Gasteiger partial charge in [0.15, 0.2) is 11.5 Å². The number of amides is 2. The number of anilines is 1. The van der Waals surface area contributed by atoms with Crippen LogP contribution >= 0.6 is 11.3 Å². The SMILES string of the molecule is CCOc1ccc(NC(=O)CN(C)C(=O)c2sc3nc(C4CC4)nc(C)c3c2C)cc1OCC. The third-order valence-corrected chi connectivity index (χ3v) is 6.85. The number of nitrogens with zero attached hydrogens (tertiary/aromatic N) is 3. The van der Waals surface area contributed by atoms with Crippen LogP contribution in [-0.2, 0) is 4.79 Å². The summed E-state index contributed by atoms with van der Waals surface area (Å²) in [7, 11) is 1.63. The van der Waals surface area contributed by atoms with Crippen LogP contribution in [0.5, 0.6) is 11.5 Å². The van der Waals surface area contributed by atoms with Crippen LogP contribution in [0.2, 0.25) is 0 Å². The summed E-state index contributed by atoms with van der Waals surface area (Å²) in [5.74, 6) is 2.01. The average Bonchev–Trinajstić information content (AvgIpc) is 3.59. The van der Waals surface area contributed by atoms with Gasteiger partial charge in [-0.3, -0.25) is 9.59 Å². The zero-order valence-corrected chi connectivity index (χ0v) is 21.0. The van der Waals surface area contributed by atoms with E-state index in [2.05, 4.69) is 10.3 Å². The van der Waals surface area contributed by atoms with Crippen molar-refractivity contribution in [3.05, 3.63) is 40.2 Å².